The number of hydrogen-bond acceptors (Lipinski definition) is 3. The third kappa shape index (κ3) is 4.32. The molecule has 0 saturated carbocycles. The number of rotatable bonds is 4. The lowest BCUT2D eigenvalue weighted by Crippen LogP contribution is -2.39. The van der Waals surface area contributed by atoms with Gasteiger partial charge in [-0.3, -0.25) is 0 Å². The van der Waals surface area contributed by atoms with E-state index >= 15 is 0 Å². The summed E-state index contributed by atoms with van der Waals surface area (Å²) >= 11 is 0. The van der Waals surface area contributed by atoms with Gasteiger partial charge in [0.2, 0.25) is 0 Å². The molecule has 1 atom stereocenters. The summed E-state index contributed by atoms with van der Waals surface area (Å²) in [7, 11) is 2.04. The van der Waals surface area contributed by atoms with Crippen LogP contribution in [0.25, 0.3) is 0 Å². The summed E-state index contributed by atoms with van der Waals surface area (Å²) in [6.45, 7) is 6.89. The minimum absolute atomic E-state index is 0.513. The van der Waals surface area contributed by atoms with Crippen LogP contribution in [0.1, 0.15) is 27.2 Å². The van der Waals surface area contributed by atoms with Gasteiger partial charge in [0.05, 0.1) is 6.07 Å². The van der Waals surface area contributed by atoms with E-state index in [1.54, 1.807) is 6.92 Å². The lowest BCUT2D eigenvalue weighted by atomic mass is 10.0. The molecule has 0 aliphatic rings. The first-order valence-corrected chi connectivity index (χ1v) is 4.29. The van der Waals surface area contributed by atoms with Crippen LogP contribution in [0.4, 0.5) is 0 Å². The summed E-state index contributed by atoms with van der Waals surface area (Å²) in [5.41, 5.74) is 5.00. The summed E-state index contributed by atoms with van der Waals surface area (Å²) in [6.07, 6.45) is 0.720. The van der Waals surface area contributed by atoms with E-state index in [0.717, 1.165) is 13.0 Å². The van der Waals surface area contributed by atoms with Crippen molar-refractivity contribution in [3.05, 3.63) is 0 Å². The predicted molar refractivity (Wildman–Crippen MR) is 50.6 cm³/mol. The van der Waals surface area contributed by atoms with Crippen molar-refractivity contribution in [3.8, 4) is 6.07 Å². The smallest absolute Gasteiger partial charge is 0.102 e. The van der Waals surface area contributed by atoms with Gasteiger partial charge in [0.1, 0.15) is 5.54 Å². The van der Waals surface area contributed by atoms with Crippen LogP contribution < -0.4 is 5.73 Å². The lowest BCUT2D eigenvalue weighted by Gasteiger charge is -2.24. The first-order valence-electron chi connectivity index (χ1n) is 4.29. The second-order valence-corrected chi connectivity index (χ2v) is 3.85. The maximum absolute atomic E-state index is 8.65. The zero-order valence-corrected chi connectivity index (χ0v) is 8.46. The molecule has 0 aromatic carbocycles. The molecule has 0 heterocycles. The normalized spacial score (nSPS) is 16.2. The molecule has 0 radical (unpaired) electrons. The van der Waals surface area contributed by atoms with Crippen molar-refractivity contribution in [1.82, 2.24) is 4.90 Å². The van der Waals surface area contributed by atoms with E-state index in [4.69, 9.17) is 11.0 Å². The second kappa shape index (κ2) is 4.44. The molecule has 0 aromatic heterocycles. The fraction of sp³-hybridized carbons (Fsp3) is 0.889. The Hall–Kier alpha value is -0.590. The molecular weight excluding hydrogens is 150 g/mol. The molecule has 0 fully saturated rings. The summed E-state index contributed by atoms with van der Waals surface area (Å²) < 4.78 is 0. The van der Waals surface area contributed by atoms with Crippen molar-refractivity contribution in [3.63, 3.8) is 0 Å². The molecule has 0 bridgehead atoms. The SMILES string of the molecule is CC(C)N(C)CCC(C)(N)C#N. The van der Waals surface area contributed by atoms with Crippen molar-refractivity contribution >= 4 is 0 Å². The van der Waals surface area contributed by atoms with Crippen LogP contribution in [0, 0.1) is 11.3 Å². The number of nitrogens with two attached hydrogens (primary N) is 1. The molecule has 0 aromatic rings. The lowest BCUT2D eigenvalue weighted by molar-refractivity contribution is 0.256. The molecule has 70 valence electrons. The van der Waals surface area contributed by atoms with Crippen molar-refractivity contribution < 1.29 is 0 Å². The topological polar surface area (TPSA) is 53.0 Å². The molecule has 3 heteroatoms. The summed E-state index contributed by atoms with van der Waals surface area (Å²) in [4.78, 5) is 2.18. The van der Waals surface area contributed by atoms with Crippen LogP contribution in [0.3, 0.4) is 0 Å². The van der Waals surface area contributed by atoms with Gasteiger partial charge in [-0.2, -0.15) is 5.26 Å². The molecular formula is C9H19N3. The first-order chi connectivity index (χ1) is 5.39. The monoisotopic (exact) mass is 169 g/mol. The summed E-state index contributed by atoms with van der Waals surface area (Å²) in [5, 5.41) is 8.65. The zero-order chi connectivity index (χ0) is 9.78. The third-order valence-electron chi connectivity index (χ3n) is 2.12. The molecule has 0 rings (SSSR count). The quantitative estimate of drug-likeness (QED) is 0.682. The minimum Gasteiger partial charge on any atom is -0.314 e. The van der Waals surface area contributed by atoms with Gasteiger partial charge in [-0.25, -0.2) is 0 Å². The van der Waals surface area contributed by atoms with Crippen LogP contribution in [-0.4, -0.2) is 30.1 Å². The van der Waals surface area contributed by atoms with Crippen LogP contribution >= 0.6 is 0 Å². The van der Waals surface area contributed by atoms with E-state index in [0.29, 0.717) is 6.04 Å². The Labute approximate surface area is 75.2 Å². The van der Waals surface area contributed by atoms with E-state index in [-0.39, 0.29) is 0 Å². The standard InChI is InChI=1S/C9H19N3/c1-8(2)12(4)6-5-9(3,11)7-10/h8H,5-6,11H2,1-4H3. The zero-order valence-electron chi connectivity index (χ0n) is 8.46. The Kier molecular flexibility index (Phi) is 4.22. The van der Waals surface area contributed by atoms with E-state index < -0.39 is 5.54 Å². The van der Waals surface area contributed by atoms with Gasteiger partial charge in [-0.15, -0.1) is 0 Å². The summed E-state index contributed by atoms with van der Waals surface area (Å²) in [6, 6.07) is 2.60. The van der Waals surface area contributed by atoms with Crippen LogP contribution in [0.5, 0.6) is 0 Å². The molecule has 0 aliphatic heterocycles. The second-order valence-electron chi connectivity index (χ2n) is 3.85. The average molecular weight is 169 g/mol. The van der Waals surface area contributed by atoms with Crippen LogP contribution in [0.15, 0.2) is 0 Å². The largest absolute Gasteiger partial charge is 0.314 e. The van der Waals surface area contributed by atoms with Gasteiger partial charge in [-0.05, 0) is 34.2 Å². The van der Waals surface area contributed by atoms with Crippen LogP contribution in [-0.2, 0) is 0 Å². The Balaban J connectivity index is 3.77. The molecule has 0 aliphatic carbocycles. The highest BCUT2D eigenvalue weighted by Crippen LogP contribution is 2.05. The van der Waals surface area contributed by atoms with Gasteiger partial charge >= 0.3 is 0 Å². The Morgan fingerprint density at radius 2 is 2.08 bits per heavy atom. The Morgan fingerprint density at radius 1 is 1.58 bits per heavy atom. The number of nitriles is 1. The highest BCUT2D eigenvalue weighted by Gasteiger charge is 2.17. The van der Waals surface area contributed by atoms with Gasteiger partial charge in [0.25, 0.3) is 0 Å². The maximum atomic E-state index is 8.65. The highest BCUT2D eigenvalue weighted by molar-refractivity contribution is 5.01. The maximum Gasteiger partial charge on any atom is 0.102 e. The molecule has 3 nitrogen and oxygen atoms in total. The first kappa shape index (κ1) is 11.4. The summed E-state index contributed by atoms with van der Waals surface area (Å²) in [5.74, 6) is 0. The molecule has 12 heavy (non-hydrogen) atoms. The fourth-order valence-electron chi connectivity index (χ4n) is 0.723. The molecule has 0 saturated heterocycles. The minimum atomic E-state index is -0.677. The van der Waals surface area contributed by atoms with E-state index in [1.165, 1.54) is 0 Å². The molecule has 0 amide bonds. The van der Waals surface area contributed by atoms with Gasteiger partial charge in [-0.1, -0.05) is 0 Å². The van der Waals surface area contributed by atoms with E-state index in [1.807, 2.05) is 7.05 Å². The third-order valence-corrected chi connectivity index (χ3v) is 2.12. The van der Waals surface area contributed by atoms with Crippen LogP contribution in [0.2, 0.25) is 0 Å². The predicted octanol–water partition coefficient (Wildman–Crippen LogP) is 0.958. The Morgan fingerprint density at radius 3 is 2.42 bits per heavy atom. The fourth-order valence-corrected chi connectivity index (χ4v) is 0.723. The van der Waals surface area contributed by atoms with Gasteiger partial charge in [0.15, 0.2) is 0 Å². The average Bonchev–Trinajstić information content (AvgIpc) is 2.00. The van der Waals surface area contributed by atoms with Crippen molar-refractivity contribution in [2.45, 2.75) is 38.8 Å². The number of nitrogens with zero attached hydrogens (tertiary/aromatic N) is 2. The van der Waals surface area contributed by atoms with Crippen molar-refractivity contribution in [2.24, 2.45) is 5.73 Å². The molecule has 2 N–H and O–H groups in total. The molecule has 1 unspecified atom stereocenters. The van der Waals surface area contributed by atoms with E-state index in [2.05, 4.69) is 24.8 Å². The number of hydrogen-bond donors (Lipinski definition) is 1. The van der Waals surface area contributed by atoms with Gasteiger partial charge in [0, 0.05) is 12.6 Å². The van der Waals surface area contributed by atoms with Crippen molar-refractivity contribution in [1.29, 1.82) is 5.26 Å². The van der Waals surface area contributed by atoms with E-state index in [9.17, 15) is 0 Å². The Bertz CT molecular complexity index is 167. The molecule has 0 spiro atoms. The highest BCUT2D eigenvalue weighted by atomic mass is 15.1. The van der Waals surface area contributed by atoms with Gasteiger partial charge < -0.3 is 10.6 Å². The van der Waals surface area contributed by atoms with Crippen molar-refractivity contribution in [2.75, 3.05) is 13.6 Å².